The van der Waals surface area contributed by atoms with Gasteiger partial charge in [0.25, 0.3) is 0 Å². The lowest BCUT2D eigenvalue weighted by Crippen LogP contribution is -2.04. The van der Waals surface area contributed by atoms with E-state index in [1.165, 1.54) is 5.56 Å². The number of aromatic nitrogens is 3. The molecule has 0 bridgehead atoms. The van der Waals surface area contributed by atoms with Crippen molar-refractivity contribution in [3.8, 4) is 11.3 Å². The lowest BCUT2D eigenvalue weighted by molar-refractivity contribution is 0.277. The summed E-state index contributed by atoms with van der Waals surface area (Å²) in [4.78, 5) is 0. The molecule has 0 aliphatic carbocycles. The molecule has 22 heavy (non-hydrogen) atoms. The van der Waals surface area contributed by atoms with E-state index in [1.807, 2.05) is 41.1 Å². The minimum Gasteiger partial charge on any atom is -0.390 e. The second kappa shape index (κ2) is 7.00. The Labute approximate surface area is 130 Å². The molecule has 0 atom stereocenters. The largest absolute Gasteiger partial charge is 0.390 e. The number of hydrogen-bond acceptors (Lipinski definition) is 3. The summed E-state index contributed by atoms with van der Waals surface area (Å²) in [5, 5.41) is 17.8. The number of nitrogens with zero attached hydrogens (tertiary/aromatic N) is 3. The van der Waals surface area contributed by atoms with Crippen molar-refractivity contribution in [2.24, 2.45) is 0 Å². The van der Waals surface area contributed by atoms with E-state index < -0.39 is 0 Å². The number of aliphatic hydroxyl groups excluding tert-OH is 1. The summed E-state index contributed by atoms with van der Waals surface area (Å²) in [6.07, 6.45) is 1.99. The van der Waals surface area contributed by atoms with Crippen LogP contribution in [-0.2, 0) is 19.6 Å². The zero-order chi connectivity index (χ0) is 15.2. The molecule has 0 spiro atoms. The highest BCUT2D eigenvalue weighted by Gasteiger charge is 2.13. The van der Waals surface area contributed by atoms with E-state index in [0.29, 0.717) is 5.69 Å². The maximum atomic E-state index is 9.48. The van der Waals surface area contributed by atoms with Crippen molar-refractivity contribution < 1.29 is 5.11 Å². The Morgan fingerprint density at radius 2 is 1.59 bits per heavy atom. The molecule has 4 heteroatoms. The van der Waals surface area contributed by atoms with Crippen LogP contribution >= 0.6 is 0 Å². The lowest BCUT2D eigenvalue weighted by Gasteiger charge is -2.08. The summed E-state index contributed by atoms with van der Waals surface area (Å²) in [5.74, 6) is 0. The SMILES string of the molecule is OCc1nnn(CCCc2ccccc2)c1-c1ccccc1. The summed E-state index contributed by atoms with van der Waals surface area (Å²) in [6, 6.07) is 20.4. The average Bonchev–Trinajstić information content (AvgIpc) is 2.99. The number of benzene rings is 2. The van der Waals surface area contributed by atoms with E-state index in [-0.39, 0.29) is 6.61 Å². The molecule has 0 unspecified atom stereocenters. The van der Waals surface area contributed by atoms with Crippen molar-refractivity contribution in [2.75, 3.05) is 0 Å². The predicted octanol–water partition coefficient (Wildman–Crippen LogP) is 3.07. The van der Waals surface area contributed by atoms with Gasteiger partial charge in [0.2, 0.25) is 0 Å². The Morgan fingerprint density at radius 1 is 0.909 bits per heavy atom. The fourth-order valence-electron chi connectivity index (χ4n) is 2.60. The highest BCUT2D eigenvalue weighted by atomic mass is 16.3. The van der Waals surface area contributed by atoms with Gasteiger partial charge < -0.3 is 5.11 Å². The van der Waals surface area contributed by atoms with E-state index in [9.17, 15) is 5.11 Å². The van der Waals surface area contributed by atoms with Crippen molar-refractivity contribution in [1.82, 2.24) is 15.0 Å². The number of aryl methyl sites for hydroxylation is 2. The van der Waals surface area contributed by atoms with Crippen LogP contribution in [0.5, 0.6) is 0 Å². The zero-order valence-electron chi connectivity index (χ0n) is 12.4. The third-order valence-electron chi connectivity index (χ3n) is 3.68. The Morgan fingerprint density at radius 3 is 2.27 bits per heavy atom. The Balaban J connectivity index is 1.75. The summed E-state index contributed by atoms with van der Waals surface area (Å²) in [6.45, 7) is 0.690. The van der Waals surface area contributed by atoms with Gasteiger partial charge >= 0.3 is 0 Å². The monoisotopic (exact) mass is 293 g/mol. The fraction of sp³-hybridized carbons (Fsp3) is 0.222. The first kappa shape index (κ1) is 14.5. The van der Waals surface area contributed by atoms with Crippen molar-refractivity contribution in [3.63, 3.8) is 0 Å². The minimum atomic E-state index is -0.0943. The van der Waals surface area contributed by atoms with Crippen molar-refractivity contribution in [2.45, 2.75) is 26.0 Å². The van der Waals surface area contributed by atoms with E-state index in [1.54, 1.807) is 0 Å². The van der Waals surface area contributed by atoms with Crippen LogP contribution in [0.15, 0.2) is 60.7 Å². The fourth-order valence-corrected chi connectivity index (χ4v) is 2.60. The van der Waals surface area contributed by atoms with Crippen LogP contribution in [0.4, 0.5) is 0 Å². The van der Waals surface area contributed by atoms with Crippen LogP contribution in [0, 0.1) is 0 Å². The van der Waals surface area contributed by atoms with Crippen LogP contribution in [0.25, 0.3) is 11.3 Å². The molecule has 3 rings (SSSR count). The van der Waals surface area contributed by atoms with Crippen LogP contribution in [0.3, 0.4) is 0 Å². The van der Waals surface area contributed by atoms with Gasteiger partial charge in [-0.2, -0.15) is 0 Å². The number of aliphatic hydroxyl groups is 1. The van der Waals surface area contributed by atoms with Crippen molar-refractivity contribution >= 4 is 0 Å². The molecule has 3 aromatic rings. The predicted molar refractivity (Wildman–Crippen MR) is 86.1 cm³/mol. The van der Waals surface area contributed by atoms with E-state index in [2.05, 4.69) is 34.6 Å². The van der Waals surface area contributed by atoms with Crippen LogP contribution < -0.4 is 0 Å². The van der Waals surface area contributed by atoms with Gasteiger partial charge in [0, 0.05) is 12.1 Å². The van der Waals surface area contributed by atoms with Gasteiger partial charge in [0.05, 0.1) is 12.3 Å². The Bertz CT molecular complexity index is 708. The smallest absolute Gasteiger partial charge is 0.116 e. The molecule has 0 saturated carbocycles. The summed E-state index contributed by atoms with van der Waals surface area (Å²) in [5.41, 5.74) is 3.91. The summed E-state index contributed by atoms with van der Waals surface area (Å²) < 4.78 is 1.89. The Kier molecular flexibility index (Phi) is 4.61. The molecule has 4 nitrogen and oxygen atoms in total. The summed E-state index contributed by atoms with van der Waals surface area (Å²) in [7, 11) is 0. The molecule has 0 fully saturated rings. The van der Waals surface area contributed by atoms with Crippen LogP contribution in [0.1, 0.15) is 17.7 Å². The van der Waals surface area contributed by atoms with Gasteiger partial charge in [0.1, 0.15) is 5.69 Å². The topological polar surface area (TPSA) is 50.9 Å². The van der Waals surface area contributed by atoms with Gasteiger partial charge in [-0.25, -0.2) is 4.68 Å². The molecule has 1 heterocycles. The highest BCUT2D eigenvalue weighted by molar-refractivity contribution is 5.61. The molecule has 1 N–H and O–H groups in total. The molecule has 0 radical (unpaired) electrons. The molecule has 0 aliphatic rings. The molecule has 2 aromatic carbocycles. The molecule has 0 saturated heterocycles. The van der Waals surface area contributed by atoms with E-state index in [4.69, 9.17) is 0 Å². The van der Waals surface area contributed by atoms with Crippen LogP contribution in [0.2, 0.25) is 0 Å². The Hall–Kier alpha value is -2.46. The normalized spacial score (nSPS) is 10.8. The molecule has 0 amide bonds. The third-order valence-corrected chi connectivity index (χ3v) is 3.68. The first-order valence-corrected chi connectivity index (χ1v) is 7.51. The maximum Gasteiger partial charge on any atom is 0.116 e. The number of hydrogen-bond donors (Lipinski definition) is 1. The molecule has 1 aromatic heterocycles. The quantitative estimate of drug-likeness (QED) is 0.760. The highest BCUT2D eigenvalue weighted by Crippen LogP contribution is 2.22. The summed E-state index contributed by atoms with van der Waals surface area (Å²) >= 11 is 0. The molecule has 112 valence electrons. The van der Waals surface area contributed by atoms with Crippen molar-refractivity contribution in [1.29, 1.82) is 0 Å². The van der Waals surface area contributed by atoms with Gasteiger partial charge in [-0.1, -0.05) is 65.9 Å². The number of rotatable bonds is 6. The van der Waals surface area contributed by atoms with Gasteiger partial charge in [-0.15, -0.1) is 5.10 Å². The second-order valence-electron chi connectivity index (χ2n) is 5.22. The standard InChI is InChI=1S/C18H19N3O/c22-14-17-18(16-11-5-2-6-12-16)21(20-19-17)13-7-10-15-8-3-1-4-9-15/h1-6,8-9,11-12,22H,7,10,13-14H2. The average molecular weight is 293 g/mol. The van der Waals surface area contributed by atoms with Crippen molar-refractivity contribution in [3.05, 3.63) is 71.9 Å². The lowest BCUT2D eigenvalue weighted by atomic mass is 10.1. The van der Waals surface area contributed by atoms with Gasteiger partial charge in [0.15, 0.2) is 0 Å². The van der Waals surface area contributed by atoms with E-state index in [0.717, 1.165) is 30.6 Å². The van der Waals surface area contributed by atoms with Gasteiger partial charge in [-0.05, 0) is 18.4 Å². The van der Waals surface area contributed by atoms with Gasteiger partial charge in [-0.3, -0.25) is 0 Å². The molecular weight excluding hydrogens is 274 g/mol. The molecular formula is C18H19N3O. The maximum absolute atomic E-state index is 9.48. The first-order chi connectivity index (χ1) is 10.9. The zero-order valence-corrected chi connectivity index (χ0v) is 12.4. The first-order valence-electron chi connectivity index (χ1n) is 7.51. The minimum absolute atomic E-state index is 0.0943. The van der Waals surface area contributed by atoms with Crippen LogP contribution in [-0.4, -0.2) is 20.1 Å². The second-order valence-corrected chi connectivity index (χ2v) is 5.22. The molecule has 0 aliphatic heterocycles. The third kappa shape index (κ3) is 3.23. The van der Waals surface area contributed by atoms with E-state index >= 15 is 0 Å².